The molecule has 0 spiro atoms. The molecular formula is C16H29NO. The maximum absolute atomic E-state index is 9.60. The second kappa shape index (κ2) is 4.21. The van der Waals surface area contributed by atoms with Crippen molar-refractivity contribution < 1.29 is 5.11 Å². The predicted octanol–water partition coefficient (Wildman–Crippen LogP) is 2.95. The number of aliphatic hydroxyl groups is 1. The fourth-order valence-corrected chi connectivity index (χ4v) is 5.06. The minimum atomic E-state index is -0.0242. The Kier molecular flexibility index (Phi) is 3.02. The normalized spacial score (nSPS) is 50.0. The van der Waals surface area contributed by atoms with Crippen LogP contribution in [0.5, 0.6) is 0 Å². The topological polar surface area (TPSA) is 32.3 Å². The fraction of sp³-hybridized carbons (Fsp3) is 1.00. The summed E-state index contributed by atoms with van der Waals surface area (Å²) in [5, 5.41) is 13.5. The van der Waals surface area contributed by atoms with Crippen LogP contribution in [0.4, 0.5) is 0 Å². The SMILES string of the molecule is CC1(C)C2CCC1(C)C(NCC1CCC(O)C1)C2. The van der Waals surface area contributed by atoms with Crippen molar-refractivity contribution in [1.82, 2.24) is 5.32 Å². The monoisotopic (exact) mass is 251 g/mol. The largest absolute Gasteiger partial charge is 0.393 e. The molecule has 5 unspecified atom stereocenters. The Morgan fingerprint density at radius 2 is 1.89 bits per heavy atom. The molecule has 0 aliphatic heterocycles. The average Bonchev–Trinajstić information content (AvgIpc) is 2.87. The van der Waals surface area contributed by atoms with E-state index in [1.807, 2.05) is 0 Å². The average molecular weight is 251 g/mol. The highest BCUT2D eigenvalue weighted by atomic mass is 16.3. The van der Waals surface area contributed by atoms with Crippen LogP contribution in [0.1, 0.15) is 59.3 Å². The van der Waals surface area contributed by atoms with E-state index in [0.717, 1.165) is 25.3 Å². The molecule has 2 bridgehead atoms. The van der Waals surface area contributed by atoms with E-state index >= 15 is 0 Å². The number of hydrogen-bond donors (Lipinski definition) is 2. The molecule has 18 heavy (non-hydrogen) atoms. The lowest BCUT2D eigenvalue weighted by molar-refractivity contribution is 0.118. The number of rotatable bonds is 3. The molecule has 0 aromatic heterocycles. The molecule has 3 aliphatic carbocycles. The van der Waals surface area contributed by atoms with Crippen molar-refractivity contribution in [3.63, 3.8) is 0 Å². The fourth-order valence-electron chi connectivity index (χ4n) is 5.06. The van der Waals surface area contributed by atoms with Gasteiger partial charge in [0.2, 0.25) is 0 Å². The number of fused-ring (bicyclic) bond motifs is 2. The highest BCUT2D eigenvalue weighted by molar-refractivity contribution is 5.13. The molecule has 2 heteroatoms. The number of hydrogen-bond acceptors (Lipinski definition) is 2. The van der Waals surface area contributed by atoms with Crippen LogP contribution >= 0.6 is 0 Å². The summed E-state index contributed by atoms with van der Waals surface area (Å²) in [7, 11) is 0. The van der Waals surface area contributed by atoms with Crippen LogP contribution in [-0.4, -0.2) is 23.8 Å². The van der Waals surface area contributed by atoms with Gasteiger partial charge in [0.1, 0.15) is 0 Å². The van der Waals surface area contributed by atoms with Crippen LogP contribution < -0.4 is 5.32 Å². The van der Waals surface area contributed by atoms with Gasteiger partial charge in [0.25, 0.3) is 0 Å². The second-order valence-corrected chi connectivity index (χ2v) is 7.90. The van der Waals surface area contributed by atoms with Gasteiger partial charge in [0.05, 0.1) is 6.10 Å². The zero-order valence-corrected chi connectivity index (χ0v) is 12.2. The first-order valence-electron chi connectivity index (χ1n) is 7.85. The summed E-state index contributed by atoms with van der Waals surface area (Å²) in [4.78, 5) is 0. The van der Waals surface area contributed by atoms with Gasteiger partial charge in [0, 0.05) is 6.04 Å². The van der Waals surface area contributed by atoms with E-state index < -0.39 is 0 Å². The number of nitrogens with one attached hydrogen (secondary N) is 1. The first kappa shape index (κ1) is 12.9. The third kappa shape index (κ3) is 1.76. The van der Waals surface area contributed by atoms with E-state index in [1.165, 1.54) is 25.7 Å². The molecule has 5 atom stereocenters. The molecule has 0 radical (unpaired) electrons. The van der Waals surface area contributed by atoms with Crippen molar-refractivity contribution in [1.29, 1.82) is 0 Å². The van der Waals surface area contributed by atoms with Crippen LogP contribution in [0, 0.1) is 22.7 Å². The zero-order valence-electron chi connectivity index (χ0n) is 12.2. The quantitative estimate of drug-likeness (QED) is 0.808. The lowest BCUT2D eigenvalue weighted by Crippen LogP contribution is -2.45. The molecule has 0 aromatic carbocycles. The first-order chi connectivity index (χ1) is 8.43. The minimum absolute atomic E-state index is 0.0242. The highest BCUT2D eigenvalue weighted by Crippen LogP contribution is 2.65. The molecule has 0 amide bonds. The molecule has 3 aliphatic rings. The molecular weight excluding hydrogens is 222 g/mol. The maximum Gasteiger partial charge on any atom is 0.0543 e. The van der Waals surface area contributed by atoms with Gasteiger partial charge >= 0.3 is 0 Å². The standard InChI is InChI=1S/C16H29NO/c1-15(2)12-6-7-16(15,3)14(9-12)17-10-11-4-5-13(18)8-11/h11-14,17-18H,4-10H2,1-3H3. The van der Waals surface area contributed by atoms with Crippen molar-refractivity contribution in [3.05, 3.63) is 0 Å². The van der Waals surface area contributed by atoms with Crippen molar-refractivity contribution in [2.45, 2.75) is 71.4 Å². The number of aliphatic hydroxyl groups excluding tert-OH is 1. The van der Waals surface area contributed by atoms with Gasteiger partial charge in [-0.15, -0.1) is 0 Å². The molecule has 2 nitrogen and oxygen atoms in total. The summed E-state index contributed by atoms with van der Waals surface area (Å²) in [5.41, 5.74) is 1.01. The van der Waals surface area contributed by atoms with Crippen LogP contribution in [0.3, 0.4) is 0 Å². The Hall–Kier alpha value is -0.0800. The van der Waals surface area contributed by atoms with E-state index in [4.69, 9.17) is 0 Å². The summed E-state index contributed by atoms with van der Waals surface area (Å²) < 4.78 is 0. The Bertz CT molecular complexity index is 327. The van der Waals surface area contributed by atoms with Crippen LogP contribution in [-0.2, 0) is 0 Å². The van der Waals surface area contributed by atoms with E-state index in [2.05, 4.69) is 26.1 Å². The molecule has 0 aromatic rings. The molecule has 3 rings (SSSR count). The third-order valence-electron chi connectivity index (χ3n) is 6.96. The van der Waals surface area contributed by atoms with Crippen molar-refractivity contribution >= 4 is 0 Å². The van der Waals surface area contributed by atoms with E-state index in [-0.39, 0.29) is 6.10 Å². The molecule has 0 saturated heterocycles. The lowest BCUT2D eigenvalue weighted by atomic mass is 9.69. The summed E-state index contributed by atoms with van der Waals surface area (Å²) >= 11 is 0. The van der Waals surface area contributed by atoms with Gasteiger partial charge in [-0.2, -0.15) is 0 Å². The van der Waals surface area contributed by atoms with Gasteiger partial charge in [-0.25, -0.2) is 0 Å². The van der Waals surface area contributed by atoms with E-state index in [9.17, 15) is 5.11 Å². The molecule has 3 fully saturated rings. The predicted molar refractivity (Wildman–Crippen MR) is 74.4 cm³/mol. The summed E-state index contributed by atoms with van der Waals surface area (Å²) in [6.07, 6.45) is 7.43. The molecule has 3 saturated carbocycles. The van der Waals surface area contributed by atoms with Gasteiger partial charge < -0.3 is 10.4 Å². The molecule has 104 valence electrons. The van der Waals surface area contributed by atoms with E-state index in [1.54, 1.807) is 0 Å². The summed E-state index contributed by atoms with van der Waals surface area (Å²) in [5.74, 6) is 1.64. The first-order valence-corrected chi connectivity index (χ1v) is 7.85. The van der Waals surface area contributed by atoms with Crippen molar-refractivity contribution in [2.24, 2.45) is 22.7 Å². The summed E-state index contributed by atoms with van der Waals surface area (Å²) in [6.45, 7) is 8.58. The minimum Gasteiger partial charge on any atom is -0.393 e. The Balaban J connectivity index is 1.59. The maximum atomic E-state index is 9.60. The van der Waals surface area contributed by atoms with Crippen LogP contribution in [0.15, 0.2) is 0 Å². The van der Waals surface area contributed by atoms with Crippen LogP contribution in [0.25, 0.3) is 0 Å². The van der Waals surface area contributed by atoms with E-state index in [0.29, 0.717) is 22.8 Å². The summed E-state index contributed by atoms with van der Waals surface area (Å²) in [6, 6.07) is 0.712. The molecule has 0 heterocycles. The Morgan fingerprint density at radius 3 is 2.39 bits per heavy atom. The van der Waals surface area contributed by atoms with Crippen molar-refractivity contribution in [3.8, 4) is 0 Å². The lowest BCUT2D eigenvalue weighted by Gasteiger charge is -2.40. The third-order valence-corrected chi connectivity index (χ3v) is 6.96. The highest BCUT2D eigenvalue weighted by Gasteiger charge is 2.61. The second-order valence-electron chi connectivity index (χ2n) is 7.90. The van der Waals surface area contributed by atoms with Gasteiger partial charge in [-0.3, -0.25) is 0 Å². The smallest absolute Gasteiger partial charge is 0.0543 e. The van der Waals surface area contributed by atoms with Gasteiger partial charge in [-0.1, -0.05) is 20.8 Å². The van der Waals surface area contributed by atoms with Crippen molar-refractivity contribution in [2.75, 3.05) is 6.54 Å². The van der Waals surface area contributed by atoms with Crippen LogP contribution in [0.2, 0.25) is 0 Å². The zero-order chi connectivity index (χ0) is 13.0. The Labute approximate surface area is 112 Å². The molecule has 2 N–H and O–H groups in total. The van der Waals surface area contributed by atoms with Gasteiger partial charge in [0.15, 0.2) is 0 Å². The Morgan fingerprint density at radius 1 is 1.11 bits per heavy atom. The van der Waals surface area contributed by atoms with Gasteiger partial charge in [-0.05, 0) is 67.7 Å².